The highest BCUT2D eigenvalue weighted by molar-refractivity contribution is 6.06. The van der Waals surface area contributed by atoms with E-state index < -0.39 is 11.8 Å². The molecule has 3 rings (SSSR count). The number of hydrogen-bond donors (Lipinski definition) is 2. The van der Waals surface area contributed by atoms with Gasteiger partial charge in [-0.2, -0.15) is 0 Å². The smallest absolute Gasteiger partial charge is 0.284 e. The van der Waals surface area contributed by atoms with Crippen LogP contribution in [0.2, 0.25) is 0 Å². The first-order valence-corrected chi connectivity index (χ1v) is 8.30. The zero-order chi connectivity index (χ0) is 19.6. The Kier molecular flexibility index (Phi) is 4.89. The van der Waals surface area contributed by atoms with Gasteiger partial charge in [0.05, 0.1) is 11.0 Å². The van der Waals surface area contributed by atoms with Gasteiger partial charge in [-0.1, -0.05) is 18.2 Å². The monoisotopic (exact) mass is 365 g/mol. The number of imidazole rings is 1. The second kappa shape index (κ2) is 7.28. The third kappa shape index (κ3) is 3.64. The van der Waals surface area contributed by atoms with E-state index in [0.29, 0.717) is 22.3 Å². The average Bonchev–Trinajstić information content (AvgIpc) is 3.04. The van der Waals surface area contributed by atoms with E-state index in [1.54, 1.807) is 54.1 Å². The van der Waals surface area contributed by atoms with E-state index in [1.165, 1.54) is 4.90 Å². The molecule has 0 fully saturated rings. The molecule has 3 amide bonds. The van der Waals surface area contributed by atoms with E-state index in [2.05, 4.69) is 4.98 Å². The van der Waals surface area contributed by atoms with Crippen molar-refractivity contribution in [3.05, 3.63) is 59.9 Å². The third-order valence-electron chi connectivity index (χ3n) is 4.25. The minimum absolute atomic E-state index is 0.0421. The first-order chi connectivity index (χ1) is 12.9. The van der Waals surface area contributed by atoms with Crippen LogP contribution >= 0.6 is 0 Å². The highest BCUT2D eigenvalue weighted by Crippen LogP contribution is 2.24. The Morgan fingerprint density at radius 2 is 1.78 bits per heavy atom. The number of nitrogens with two attached hydrogens (primary N) is 2. The molecule has 8 heteroatoms. The molecule has 0 radical (unpaired) electrons. The summed E-state index contributed by atoms with van der Waals surface area (Å²) in [5.74, 6) is -1.32. The van der Waals surface area contributed by atoms with Crippen molar-refractivity contribution in [3.8, 4) is 0 Å². The van der Waals surface area contributed by atoms with Gasteiger partial charge in [0.25, 0.3) is 11.8 Å². The zero-order valence-electron chi connectivity index (χ0n) is 14.8. The zero-order valence-corrected chi connectivity index (χ0v) is 14.8. The highest BCUT2D eigenvalue weighted by Gasteiger charge is 2.18. The van der Waals surface area contributed by atoms with Gasteiger partial charge < -0.3 is 20.9 Å². The number of fused-ring (bicyclic) bond motifs is 1. The molecule has 0 saturated carbocycles. The number of benzene rings is 2. The van der Waals surface area contributed by atoms with Crippen molar-refractivity contribution in [2.45, 2.75) is 13.0 Å². The van der Waals surface area contributed by atoms with Crippen molar-refractivity contribution < 1.29 is 14.4 Å². The van der Waals surface area contributed by atoms with Crippen LogP contribution in [0.4, 0.5) is 5.69 Å². The lowest BCUT2D eigenvalue weighted by Gasteiger charge is -2.17. The second-order valence-corrected chi connectivity index (χ2v) is 6.07. The number of nitrogens with zero attached hydrogens (tertiary/aromatic N) is 3. The molecule has 4 N–H and O–H groups in total. The largest absolute Gasteiger partial charge is 0.370 e. The van der Waals surface area contributed by atoms with Crippen molar-refractivity contribution in [1.82, 2.24) is 9.55 Å². The summed E-state index contributed by atoms with van der Waals surface area (Å²) in [4.78, 5) is 41.2. The van der Waals surface area contributed by atoms with Crippen molar-refractivity contribution in [1.29, 1.82) is 0 Å². The van der Waals surface area contributed by atoms with Gasteiger partial charge in [-0.05, 0) is 30.3 Å². The first-order valence-electron chi connectivity index (χ1n) is 8.30. The van der Waals surface area contributed by atoms with Crippen LogP contribution < -0.4 is 16.4 Å². The Balaban J connectivity index is 1.99. The maximum absolute atomic E-state index is 12.6. The minimum atomic E-state index is -0.703. The fraction of sp³-hybridized carbons (Fsp3) is 0.158. The van der Waals surface area contributed by atoms with E-state index >= 15 is 0 Å². The van der Waals surface area contributed by atoms with E-state index in [-0.39, 0.29) is 24.7 Å². The van der Waals surface area contributed by atoms with E-state index in [9.17, 15) is 14.4 Å². The van der Waals surface area contributed by atoms with Gasteiger partial charge in [0.15, 0.2) is 5.82 Å². The molecule has 1 aromatic heterocycles. The summed E-state index contributed by atoms with van der Waals surface area (Å²) >= 11 is 0. The Hall–Kier alpha value is -3.68. The standard InChI is InChI=1S/C19H19N5O3/c1-23(19(27)12-5-3-2-4-6-12)13-7-8-15-14(11-13)22-18(17(21)26)24(15)10-9-16(20)25/h2-8,11H,9-10H2,1H3,(H2,20,25)(H2,21,26). The van der Waals surface area contributed by atoms with Gasteiger partial charge >= 0.3 is 0 Å². The molecular weight excluding hydrogens is 346 g/mol. The van der Waals surface area contributed by atoms with Crippen molar-refractivity contribution in [3.63, 3.8) is 0 Å². The van der Waals surface area contributed by atoms with E-state index in [0.717, 1.165) is 0 Å². The Morgan fingerprint density at radius 3 is 2.41 bits per heavy atom. The normalized spacial score (nSPS) is 10.7. The molecule has 27 heavy (non-hydrogen) atoms. The van der Waals surface area contributed by atoms with Gasteiger partial charge in [-0.3, -0.25) is 14.4 Å². The fourth-order valence-electron chi connectivity index (χ4n) is 2.85. The molecule has 0 aliphatic carbocycles. The Labute approximate surface area is 155 Å². The van der Waals surface area contributed by atoms with Gasteiger partial charge in [-0.15, -0.1) is 0 Å². The van der Waals surface area contributed by atoms with Crippen LogP contribution in [0.3, 0.4) is 0 Å². The fourth-order valence-corrected chi connectivity index (χ4v) is 2.85. The van der Waals surface area contributed by atoms with Crippen LogP contribution in [0, 0.1) is 0 Å². The molecule has 0 aliphatic rings. The lowest BCUT2D eigenvalue weighted by Crippen LogP contribution is -2.26. The molecule has 1 heterocycles. The van der Waals surface area contributed by atoms with Crippen LogP contribution in [-0.2, 0) is 11.3 Å². The van der Waals surface area contributed by atoms with Crippen LogP contribution in [0.1, 0.15) is 27.4 Å². The molecule has 0 spiro atoms. The van der Waals surface area contributed by atoms with Crippen molar-refractivity contribution in [2.24, 2.45) is 11.5 Å². The summed E-state index contributed by atoms with van der Waals surface area (Å²) < 4.78 is 1.56. The molecule has 0 bridgehead atoms. The first kappa shape index (κ1) is 18.1. The molecule has 2 aromatic carbocycles. The topological polar surface area (TPSA) is 124 Å². The van der Waals surface area contributed by atoms with Crippen LogP contribution in [0.25, 0.3) is 11.0 Å². The molecule has 0 unspecified atom stereocenters. The molecular formula is C19H19N5O3. The van der Waals surface area contributed by atoms with Crippen LogP contribution in [-0.4, -0.2) is 34.3 Å². The number of amides is 3. The summed E-state index contributed by atoms with van der Waals surface area (Å²) in [6.07, 6.45) is 0.0554. The molecule has 0 aliphatic heterocycles. The van der Waals surface area contributed by atoms with Crippen LogP contribution in [0.5, 0.6) is 0 Å². The number of primary amides is 2. The predicted octanol–water partition coefficient (Wildman–Crippen LogP) is 1.29. The van der Waals surface area contributed by atoms with Gasteiger partial charge in [0.2, 0.25) is 5.91 Å². The van der Waals surface area contributed by atoms with Crippen LogP contribution in [0.15, 0.2) is 48.5 Å². The maximum atomic E-state index is 12.6. The van der Waals surface area contributed by atoms with E-state index in [1.807, 2.05) is 6.07 Å². The summed E-state index contributed by atoms with van der Waals surface area (Å²) in [6, 6.07) is 14.1. The number of carbonyl (C=O) groups is 3. The number of carbonyl (C=O) groups excluding carboxylic acids is 3. The Morgan fingerprint density at radius 1 is 1.07 bits per heavy atom. The highest BCUT2D eigenvalue weighted by atomic mass is 16.2. The van der Waals surface area contributed by atoms with E-state index in [4.69, 9.17) is 11.5 Å². The predicted molar refractivity (Wildman–Crippen MR) is 101 cm³/mol. The lowest BCUT2D eigenvalue weighted by molar-refractivity contribution is -0.118. The quantitative estimate of drug-likeness (QED) is 0.683. The maximum Gasteiger partial charge on any atom is 0.284 e. The molecule has 3 aromatic rings. The number of anilines is 1. The SMILES string of the molecule is CN(C(=O)c1ccccc1)c1ccc2c(c1)nc(C(N)=O)n2CCC(N)=O. The molecule has 138 valence electrons. The minimum Gasteiger partial charge on any atom is -0.370 e. The van der Waals surface area contributed by atoms with Gasteiger partial charge in [0.1, 0.15) is 0 Å². The van der Waals surface area contributed by atoms with Gasteiger partial charge in [-0.25, -0.2) is 4.98 Å². The number of hydrogen-bond acceptors (Lipinski definition) is 4. The molecule has 8 nitrogen and oxygen atoms in total. The molecule has 0 atom stereocenters. The number of rotatable bonds is 6. The number of aromatic nitrogens is 2. The third-order valence-corrected chi connectivity index (χ3v) is 4.25. The summed E-state index contributed by atoms with van der Waals surface area (Å²) in [6.45, 7) is 0.197. The van der Waals surface area contributed by atoms with Crippen molar-refractivity contribution >= 4 is 34.4 Å². The summed E-state index contributed by atoms with van der Waals surface area (Å²) in [5.41, 5.74) is 12.9. The Bertz CT molecular complexity index is 1030. The van der Waals surface area contributed by atoms with Crippen molar-refractivity contribution in [2.75, 3.05) is 11.9 Å². The average molecular weight is 365 g/mol. The summed E-state index contributed by atoms with van der Waals surface area (Å²) in [7, 11) is 1.66. The second-order valence-electron chi connectivity index (χ2n) is 6.07. The lowest BCUT2D eigenvalue weighted by atomic mass is 10.2. The molecule has 0 saturated heterocycles. The summed E-state index contributed by atoms with van der Waals surface area (Å²) in [5, 5.41) is 0. The number of aryl methyl sites for hydroxylation is 1. The van der Waals surface area contributed by atoms with Gasteiger partial charge in [0, 0.05) is 31.3 Å².